The first-order chi connectivity index (χ1) is 11.7. The standard InChI is InChI=1S/C20H18O4/c1-22-16-9-10-18(20(12-16)23-2)19(21)13-24-17-8-7-14-5-3-4-6-15(14)11-17/h3-12H,13H2,1-2H3. The molecule has 0 bridgehead atoms. The maximum atomic E-state index is 12.4. The number of benzene rings is 3. The maximum Gasteiger partial charge on any atom is 0.203 e. The normalized spacial score (nSPS) is 10.4. The summed E-state index contributed by atoms with van der Waals surface area (Å²) in [5, 5.41) is 2.21. The van der Waals surface area contributed by atoms with Gasteiger partial charge < -0.3 is 14.2 Å². The number of rotatable bonds is 6. The summed E-state index contributed by atoms with van der Waals surface area (Å²) in [6.07, 6.45) is 0. The number of hydrogen-bond acceptors (Lipinski definition) is 4. The molecule has 0 fully saturated rings. The van der Waals surface area contributed by atoms with Crippen LogP contribution in [0.3, 0.4) is 0 Å². The molecule has 0 unspecified atom stereocenters. The minimum atomic E-state index is -0.150. The van der Waals surface area contributed by atoms with E-state index in [0.717, 1.165) is 10.8 Å². The summed E-state index contributed by atoms with van der Waals surface area (Å²) in [5.74, 6) is 1.62. The van der Waals surface area contributed by atoms with Crippen LogP contribution in [0.5, 0.6) is 17.2 Å². The van der Waals surface area contributed by atoms with Gasteiger partial charge in [-0.1, -0.05) is 30.3 Å². The van der Waals surface area contributed by atoms with Gasteiger partial charge in [-0.25, -0.2) is 0 Å². The highest BCUT2D eigenvalue weighted by Gasteiger charge is 2.14. The largest absolute Gasteiger partial charge is 0.497 e. The van der Waals surface area contributed by atoms with Gasteiger partial charge in [-0.15, -0.1) is 0 Å². The molecule has 0 saturated carbocycles. The Hall–Kier alpha value is -3.01. The van der Waals surface area contributed by atoms with Gasteiger partial charge in [0, 0.05) is 6.07 Å². The summed E-state index contributed by atoms with van der Waals surface area (Å²) in [6, 6.07) is 18.9. The van der Waals surface area contributed by atoms with E-state index >= 15 is 0 Å². The Morgan fingerprint density at radius 1 is 0.833 bits per heavy atom. The maximum absolute atomic E-state index is 12.4. The summed E-state index contributed by atoms with van der Waals surface area (Å²) < 4.78 is 16.1. The van der Waals surface area contributed by atoms with Crippen molar-refractivity contribution < 1.29 is 19.0 Å². The molecule has 0 spiro atoms. The highest BCUT2D eigenvalue weighted by Crippen LogP contribution is 2.26. The molecule has 3 aromatic carbocycles. The zero-order valence-corrected chi connectivity index (χ0v) is 13.6. The van der Waals surface area contributed by atoms with Gasteiger partial charge in [-0.2, -0.15) is 0 Å². The Kier molecular flexibility index (Phi) is 4.66. The molecule has 0 aromatic heterocycles. The molecule has 122 valence electrons. The Morgan fingerprint density at radius 2 is 1.58 bits per heavy atom. The van der Waals surface area contributed by atoms with E-state index in [1.54, 1.807) is 25.3 Å². The van der Waals surface area contributed by atoms with Gasteiger partial charge >= 0.3 is 0 Å². The fourth-order valence-electron chi connectivity index (χ4n) is 2.51. The highest BCUT2D eigenvalue weighted by atomic mass is 16.5. The highest BCUT2D eigenvalue weighted by molar-refractivity contribution is 6.00. The zero-order chi connectivity index (χ0) is 16.9. The molecule has 4 nitrogen and oxygen atoms in total. The SMILES string of the molecule is COc1ccc(C(=O)COc2ccc3ccccc3c2)c(OC)c1. The Labute approximate surface area is 140 Å². The lowest BCUT2D eigenvalue weighted by molar-refractivity contribution is 0.0918. The van der Waals surface area contributed by atoms with Crippen molar-refractivity contribution in [2.45, 2.75) is 0 Å². The first kappa shape index (κ1) is 15.9. The molecular formula is C20H18O4. The van der Waals surface area contributed by atoms with Crippen LogP contribution in [0.2, 0.25) is 0 Å². The first-order valence-corrected chi connectivity index (χ1v) is 7.58. The number of carbonyl (C=O) groups is 1. The number of Topliss-reactive ketones (excluding diaryl/α,β-unsaturated/α-hetero) is 1. The molecule has 0 atom stereocenters. The lowest BCUT2D eigenvalue weighted by Gasteiger charge is -2.11. The van der Waals surface area contributed by atoms with Crippen molar-refractivity contribution >= 4 is 16.6 Å². The third-order valence-electron chi connectivity index (χ3n) is 3.80. The number of carbonyl (C=O) groups excluding carboxylic acids is 1. The second-order valence-electron chi connectivity index (χ2n) is 5.29. The van der Waals surface area contributed by atoms with Crippen molar-refractivity contribution in [1.82, 2.24) is 0 Å². The predicted molar refractivity (Wildman–Crippen MR) is 93.3 cm³/mol. The van der Waals surface area contributed by atoms with Crippen molar-refractivity contribution in [3.8, 4) is 17.2 Å². The lowest BCUT2D eigenvalue weighted by Crippen LogP contribution is -2.12. The molecule has 0 aliphatic heterocycles. The van der Waals surface area contributed by atoms with Crippen LogP contribution < -0.4 is 14.2 Å². The van der Waals surface area contributed by atoms with Gasteiger partial charge in [0.2, 0.25) is 5.78 Å². The number of ether oxygens (including phenoxy) is 3. The zero-order valence-electron chi connectivity index (χ0n) is 13.6. The average molecular weight is 322 g/mol. The molecule has 0 aliphatic carbocycles. The molecule has 0 N–H and O–H groups in total. The molecule has 0 saturated heterocycles. The number of methoxy groups -OCH3 is 2. The van der Waals surface area contributed by atoms with E-state index in [-0.39, 0.29) is 12.4 Å². The van der Waals surface area contributed by atoms with Crippen LogP contribution in [0.4, 0.5) is 0 Å². The lowest BCUT2D eigenvalue weighted by atomic mass is 10.1. The third kappa shape index (κ3) is 3.33. The van der Waals surface area contributed by atoms with Crippen LogP contribution in [0.1, 0.15) is 10.4 Å². The Morgan fingerprint density at radius 3 is 2.33 bits per heavy atom. The fourth-order valence-corrected chi connectivity index (χ4v) is 2.51. The van der Waals surface area contributed by atoms with Crippen LogP contribution >= 0.6 is 0 Å². The van der Waals surface area contributed by atoms with E-state index in [1.807, 2.05) is 42.5 Å². The second kappa shape index (κ2) is 7.04. The van der Waals surface area contributed by atoms with Crippen LogP contribution in [-0.4, -0.2) is 26.6 Å². The predicted octanol–water partition coefficient (Wildman–Crippen LogP) is 4.12. The topological polar surface area (TPSA) is 44.8 Å². The van der Waals surface area contributed by atoms with Gasteiger partial charge in [0.1, 0.15) is 17.2 Å². The van der Waals surface area contributed by atoms with Gasteiger partial charge in [-0.3, -0.25) is 4.79 Å². The van der Waals surface area contributed by atoms with Gasteiger partial charge in [-0.05, 0) is 35.0 Å². The fraction of sp³-hybridized carbons (Fsp3) is 0.150. The minimum Gasteiger partial charge on any atom is -0.497 e. The minimum absolute atomic E-state index is 0.0545. The van der Waals surface area contributed by atoms with Gasteiger partial charge in [0.05, 0.1) is 19.8 Å². The van der Waals surface area contributed by atoms with Crippen LogP contribution in [-0.2, 0) is 0 Å². The molecule has 4 heteroatoms. The molecular weight excluding hydrogens is 304 g/mol. The smallest absolute Gasteiger partial charge is 0.203 e. The monoisotopic (exact) mass is 322 g/mol. The van der Waals surface area contributed by atoms with Crippen LogP contribution in [0.15, 0.2) is 60.7 Å². The van der Waals surface area contributed by atoms with Crippen molar-refractivity contribution in [1.29, 1.82) is 0 Å². The first-order valence-electron chi connectivity index (χ1n) is 7.58. The number of fused-ring (bicyclic) bond motifs is 1. The molecule has 3 rings (SSSR count). The number of ketones is 1. The second-order valence-corrected chi connectivity index (χ2v) is 5.29. The van der Waals surface area contributed by atoms with Crippen molar-refractivity contribution in [3.63, 3.8) is 0 Å². The van der Waals surface area contributed by atoms with Crippen molar-refractivity contribution in [2.75, 3.05) is 20.8 Å². The van der Waals surface area contributed by atoms with E-state index < -0.39 is 0 Å². The van der Waals surface area contributed by atoms with Crippen molar-refractivity contribution in [2.24, 2.45) is 0 Å². The number of hydrogen-bond donors (Lipinski definition) is 0. The van der Waals surface area contributed by atoms with Crippen LogP contribution in [0.25, 0.3) is 10.8 Å². The van der Waals surface area contributed by atoms with E-state index in [9.17, 15) is 4.79 Å². The van der Waals surface area contributed by atoms with E-state index in [1.165, 1.54) is 7.11 Å². The van der Waals surface area contributed by atoms with E-state index in [4.69, 9.17) is 14.2 Å². The van der Waals surface area contributed by atoms with E-state index in [0.29, 0.717) is 22.8 Å². The quantitative estimate of drug-likeness (QED) is 0.640. The van der Waals surface area contributed by atoms with Crippen LogP contribution in [0, 0.1) is 0 Å². The molecule has 0 heterocycles. The third-order valence-corrected chi connectivity index (χ3v) is 3.80. The summed E-state index contributed by atoms with van der Waals surface area (Å²) in [4.78, 5) is 12.4. The summed E-state index contributed by atoms with van der Waals surface area (Å²) >= 11 is 0. The molecule has 0 amide bonds. The van der Waals surface area contributed by atoms with Gasteiger partial charge in [0.25, 0.3) is 0 Å². The Balaban J connectivity index is 1.74. The van der Waals surface area contributed by atoms with Crippen molar-refractivity contribution in [3.05, 3.63) is 66.2 Å². The molecule has 24 heavy (non-hydrogen) atoms. The summed E-state index contributed by atoms with van der Waals surface area (Å²) in [7, 11) is 3.09. The van der Waals surface area contributed by atoms with E-state index in [2.05, 4.69) is 0 Å². The van der Waals surface area contributed by atoms with Gasteiger partial charge in [0.15, 0.2) is 6.61 Å². The molecule has 0 radical (unpaired) electrons. The average Bonchev–Trinajstić information content (AvgIpc) is 2.65. The Bertz CT molecular complexity index is 870. The summed E-state index contributed by atoms with van der Waals surface area (Å²) in [6.45, 7) is -0.0545. The summed E-state index contributed by atoms with van der Waals surface area (Å²) in [5.41, 5.74) is 0.471. The molecule has 3 aromatic rings. The molecule has 0 aliphatic rings.